The molecule has 1 atom stereocenters. The molecule has 1 unspecified atom stereocenters. The van der Waals surface area contributed by atoms with E-state index in [9.17, 15) is 31.2 Å². The SMILES string of the molecule is COc1ccc(CN(C(=O)CN(c2cccc(C(F)(F)F)c2)S(=O)(=O)c2ccc(C)cc2)C(C)C(=O)NC2CCCCC2)cc1. The van der Waals surface area contributed by atoms with Gasteiger partial charge in [-0.1, -0.05) is 55.2 Å². The fourth-order valence-corrected chi connectivity index (χ4v) is 6.69. The Bertz CT molecular complexity index is 1570. The van der Waals surface area contributed by atoms with Gasteiger partial charge in [-0.3, -0.25) is 13.9 Å². The summed E-state index contributed by atoms with van der Waals surface area (Å²) < 4.78 is 74.8. The number of carbonyl (C=O) groups excluding carboxylic acids is 2. The lowest BCUT2D eigenvalue weighted by Crippen LogP contribution is -2.53. The Morgan fingerprint density at radius 1 is 0.978 bits per heavy atom. The normalized spacial score (nSPS) is 14.8. The number of ether oxygens (including phenoxy) is 1. The average molecular weight is 646 g/mol. The summed E-state index contributed by atoms with van der Waals surface area (Å²) >= 11 is 0. The Hall–Kier alpha value is -4.06. The average Bonchev–Trinajstić information content (AvgIpc) is 3.02. The Morgan fingerprint density at radius 2 is 1.62 bits per heavy atom. The van der Waals surface area contributed by atoms with Gasteiger partial charge in [0.2, 0.25) is 11.8 Å². The molecule has 8 nitrogen and oxygen atoms in total. The fraction of sp³-hybridized carbons (Fsp3) is 0.394. The number of halogens is 3. The molecular formula is C33H38F3N3O5S. The van der Waals surface area contributed by atoms with Crippen LogP contribution in [0.25, 0.3) is 0 Å². The van der Waals surface area contributed by atoms with Gasteiger partial charge in [-0.05, 0) is 74.7 Å². The van der Waals surface area contributed by atoms with Crippen molar-refractivity contribution in [2.75, 3.05) is 18.0 Å². The van der Waals surface area contributed by atoms with Crippen LogP contribution in [-0.4, -0.2) is 50.9 Å². The number of anilines is 1. The van der Waals surface area contributed by atoms with E-state index in [1.165, 1.54) is 30.2 Å². The van der Waals surface area contributed by atoms with Gasteiger partial charge in [0, 0.05) is 12.6 Å². The molecule has 2 amide bonds. The van der Waals surface area contributed by atoms with Crippen molar-refractivity contribution in [1.29, 1.82) is 0 Å². The zero-order valence-electron chi connectivity index (χ0n) is 25.5. The van der Waals surface area contributed by atoms with Crippen LogP contribution >= 0.6 is 0 Å². The predicted octanol–water partition coefficient (Wildman–Crippen LogP) is 6.08. The van der Waals surface area contributed by atoms with E-state index in [1.807, 2.05) is 0 Å². The molecule has 0 spiro atoms. The predicted molar refractivity (Wildman–Crippen MR) is 165 cm³/mol. The number of hydrogen-bond donors (Lipinski definition) is 1. The second-order valence-electron chi connectivity index (χ2n) is 11.3. The summed E-state index contributed by atoms with van der Waals surface area (Å²) in [5, 5.41) is 3.02. The van der Waals surface area contributed by atoms with Gasteiger partial charge in [0.25, 0.3) is 10.0 Å². The van der Waals surface area contributed by atoms with Crippen LogP contribution in [-0.2, 0) is 32.3 Å². The van der Waals surface area contributed by atoms with Gasteiger partial charge in [0.15, 0.2) is 0 Å². The first-order valence-electron chi connectivity index (χ1n) is 14.8. The molecule has 242 valence electrons. The van der Waals surface area contributed by atoms with Crippen LogP contribution in [0.2, 0.25) is 0 Å². The standard InChI is InChI=1S/C33H38F3N3O5S/c1-23-12-18-30(19-13-23)45(42,43)39(28-11-7-8-26(20-28)33(34,35)36)22-31(40)38(21-25-14-16-29(44-3)17-15-25)24(2)32(41)37-27-9-5-4-6-10-27/h7-8,11-20,24,27H,4-6,9-10,21-22H2,1-3H3,(H,37,41). The highest BCUT2D eigenvalue weighted by Gasteiger charge is 2.35. The molecule has 1 aliphatic carbocycles. The zero-order chi connectivity index (χ0) is 32.8. The first kappa shape index (κ1) is 33.8. The monoisotopic (exact) mass is 645 g/mol. The molecule has 1 aliphatic rings. The summed E-state index contributed by atoms with van der Waals surface area (Å²) in [5.74, 6) is -0.569. The van der Waals surface area contributed by atoms with Crippen molar-refractivity contribution in [2.45, 2.75) is 75.7 Å². The van der Waals surface area contributed by atoms with E-state index in [4.69, 9.17) is 4.74 Å². The van der Waals surface area contributed by atoms with Crippen molar-refractivity contribution in [3.8, 4) is 5.75 Å². The molecule has 3 aromatic rings. The second kappa shape index (κ2) is 14.4. The number of nitrogens with one attached hydrogen (secondary N) is 1. The van der Waals surface area contributed by atoms with Crippen LogP contribution in [0.4, 0.5) is 18.9 Å². The van der Waals surface area contributed by atoms with E-state index < -0.39 is 46.2 Å². The topological polar surface area (TPSA) is 96.0 Å². The Labute approximate surface area is 262 Å². The lowest BCUT2D eigenvalue weighted by Gasteiger charge is -2.33. The lowest BCUT2D eigenvalue weighted by molar-refractivity contribution is -0.139. The van der Waals surface area contributed by atoms with Crippen LogP contribution < -0.4 is 14.4 Å². The van der Waals surface area contributed by atoms with Crippen molar-refractivity contribution >= 4 is 27.5 Å². The summed E-state index contributed by atoms with van der Waals surface area (Å²) in [6, 6.07) is 15.4. The van der Waals surface area contributed by atoms with Crippen LogP contribution in [0.1, 0.15) is 55.7 Å². The minimum Gasteiger partial charge on any atom is -0.497 e. The number of alkyl halides is 3. The highest BCUT2D eigenvalue weighted by Crippen LogP contribution is 2.33. The first-order chi connectivity index (χ1) is 21.3. The summed E-state index contributed by atoms with van der Waals surface area (Å²) in [6.45, 7) is 2.43. The maximum atomic E-state index is 14.1. The number of sulfonamides is 1. The maximum Gasteiger partial charge on any atom is 0.416 e. The van der Waals surface area contributed by atoms with Gasteiger partial charge in [-0.15, -0.1) is 0 Å². The van der Waals surface area contributed by atoms with E-state index in [-0.39, 0.29) is 23.2 Å². The van der Waals surface area contributed by atoms with Gasteiger partial charge < -0.3 is 15.0 Å². The molecule has 0 heterocycles. The molecule has 0 aromatic heterocycles. The van der Waals surface area contributed by atoms with Gasteiger partial charge in [-0.2, -0.15) is 13.2 Å². The summed E-state index contributed by atoms with van der Waals surface area (Å²) in [6.07, 6.45) is -0.0461. The first-order valence-corrected chi connectivity index (χ1v) is 16.2. The molecule has 3 aromatic carbocycles. The highest BCUT2D eigenvalue weighted by molar-refractivity contribution is 7.92. The van der Waals surface area contributed by atoms with E-state index in [0.29, 0.717) is 21.7 Å². The molecule has 0 bridgehead atoms. The maximum absolute atomic E-state index is 14.1. The summed E-state index contributed by atoms with van der Waals surface area (Å²) in [5.41, 5.74) is 0.0296. The van der Waals surface area contributed by atoms with Crippen molar-refractivity contribution in [3.63, 3.8) is 0 Å². The number of hydrogen-bond acceptors (Lipinski definition) is 5. The largest absolute Gasteiger partial charge is 0.497 e. The molecule has 0 aliphatic heterocycles. The Balaban J connectivity index is 1.72. The molecule has 1 N–H and O–H groups in total. The van der Waals surface area contributed by atoms with Gasteiger partial charge in [-0.25, -0.2) is 8.42 Å². The van der Waals surface area contributed by atoms with Crippen molar-refractivity contribution in [2.24, 2.45) is 0 Å². The molecule has 0 saturated heterocycles. The van der Waals surface area contributed by atoms with Crippen molar-refractivity contribution < 1.29 is 35.9 Å². The molecule has 45 heavy (non-hydrogen) atoms. The number of amides is 2. The van der Waals surface area contributed by atoms with E-state index >= 15 is 0 Å². The fourth-order valence-electron chi connectivity index (χ4n) is 5.28. The number of nitrogens with zero attached hydrogens (tertiary/aromatic N) is 2. The zero-order valence-corrected chi connectivity index (χ0v) is 26.3. The second-order valence-corrected chi connectivity index (χ2v) is 13.1. The Morgan fingerprint density at radius 3 is 2.22 bits per heavy atom. The number of aryl methyl sites for hydroxylation is 1. The number of carbonyl (C=O) groups is 2. The number of methoxy groups -OCH3 is 1. The quantitative estimate of drug-likeness (QED) is 0.273. The molecule has 4 rings (SSSR count). The number of benzene rings is 3. The molecule has 12 heteroatoms. The van der Waals surface area contributed by atoms with Crippen LogP contribution in [0.5, 0.6) is 5.75 Å². The minimum absolute atomic E-state index is 0.0323. The third-order valence-corrected chi connectivity index (χ3v) is 9.77. The van der Waals surface area contributed by atoms with Crippen molar-refractivity contribution in [3.05, 3.63) is 89.5 Å². The van der Waals surface area contributed by atoms with Gasteiger partial charge >= 0.3 is 6.18 Å². The molecule has 1 fully saturated rings. The van der Waals surface area contributed by atoms with E-state index in [2.05, 4.69) is 5.32 Å². The third kappa shape index (κ3) is 8.56. The molecule has 0 radical (unpaired) electrons. The van der Waals surface area contributed by atoms with Crippen molar-refractivity contribution in [1.82, 2.24) is 10.2 Å². The van der Waals surface area contributed by atoms with Crippen LogP contribution in [0, 0.1) is 6.92 Å². The third-order valence-electron chi connectivity index (χ3n) is 7.98. The Kier molecular flexibility index (Phi) is 10.8. The number of rotatable bonds is 11. The van der Waals surface area contributed by atoms with Gasteiger partial charge in [0.1, 0.15) is 18.3 Å². The minimum atomic E-state index is -4.74. The lowest BCUT2D eigenvalue weighted by atomic mass is 9.95. The van der Waals surface area contributed by atoms with E-state index in [1.54, 1.807) is 50.2 Å². The summed E-state index contributed by atoms with van der Waals surface area (Å²) in [4.78, 5) is 28.6. The van der Waals surface area contributed by atoms with Crippen LogP contribution in [0.15, 0.2) is 77.7 Å². The molecular weight excluding hydrogens is 607 g/mol. The van der Waals surface area contributed by atoms with E-state index in [0.717, 1.165) is 49.8 Å². The summed E-state index contributed by atoms with van der Waals surface area (Å²) in [7, 11) is -3.00. The molecule has 1 saturated carbocycles. The van der Waals surface area contributed by atoms with Gasteiger partial charge in [0.05, 0.1) is 23.3 Å². The highest BCUT2D eigenvalue weighted by atomic mass is 32.2. The smallest absolute Gasteiger partial charge is 0.416 e. The van der Waals surface area contributed by atoms with Crippen LogP contribution in [0.3, 0.4) is 0 Å².